The van der Waals surface area contributed by atoms with Gasteiger partial charge in [-0.1, -0.05) is 39.5 Å². The Morgan fingerprint density at radius 3 is 2.54 bits per heavy atom. The van der Waals surface area contributed by atoms with Gasteiger partial charge in [0.2, 0.25) is 0 Å². The van der Waals surface area contributed by atoms with Crippen LogP contribution in [-0.4, -0.2) is 44.9 Å². The van der Waals surface area contributed by atoms with Gasteiger partial charge < -0.3 is 23.4 Å². The number of thiocarbonyl (C=S) groups is 1. The number of benzene rings is 1. The summed E-state index contributed by atoms with van der Waals surface area (Å²) in [5.74, 6) is 1.43. The molecule has 1 saturated heterocycles. The Bertz CT molecular complexity index is 1090. The van der Waals surface area contributed by atoms with Crippen molar-refractivity contribution in [2.75, 3.05) is 7.11 Å². The number of hydrogen-bond acceptors (Lipinski definition) is 7. The normalized spacial score (nSPS) is 31.2. The fourth-order valence-electron chi connectivity index (χ4n) is 6.04. The first kappa shape index (κ1) is 27.9. The van der Waals surface area contributed by atoms with Crippen molar-refractivity contribution in [3.63, 3.8) is 0 Å². The fraction of sp³-hybridized carbons (Fsp3) is 0.586. The van der Waals surface area contributed by atoms with E-state index in [1.165, 1.54) is 6.92 Å². The molecule has 6 nitrogen and oxygen atoms in total. The molecule has 1 heterocycles. The maximum Gasteiger partial charge on any atom is 0.353 e. The quantitative estimate of drug-likeness (QED) is 0.132. The molecule has 1 aliphatic heterocycles. The van der Waals surface area contributed by atoms with E-state index in [4.69, 9.17) is 35.6 Å². The molecule has 8 heteroatoms. The molecular weight excluding hydrogens is 504 g/mol. The third-order valence-electron chi connectivity index (χ3n) is 8.77. The Morgan fingerprint density at radius 1 is 1.24 bits per heavy atom. The van der Waals surface area contributed by atoms with Gasteiger partial charge in [-0.05, 0) is 77.9 Å². The van der Waals surface area contributed by atoms with Crippen molar-refractivity contribution in [3.05, 3.63) is 48.6 Å². The van der Waals surface area contributed by atoms with E-state index in [-0.39, 0.29) is 58.2 Å². The molecule has 37 heavy (non-hydrogen) atoms. The van der Waals surface area contributed by atoms with Crippen LogP contribution in [0.25, 0.3) is 0 Å². The van der Waals surface area contributed by atoms with Crippen molar-refractivity contribution in [2.24, 2.45) is 23.7 Å². The molecule has 1 aromatic rings. The number of ether oxygens (including phenoxy) is 4. The van der Waals surface area contributed by atoms with Gasteiger partial charge in [0.05, 0.1) is 13.2 Å². The van der Waals surface area contributed by atoms with Crippen LogP contribution < -0.4 is 9.47 Å². The van der Waals surface area contributed by atoms with Gasteiger partial charge in [0.25, 0.3) is 0 Å². The van der Waals surface area contributed by atoms with Crippen LogP contribution in [0.3, 0.4) is 0 Å². The first-order valence-corrected chi connectivity index (χ1v) is 16.3. The Labute approximate surface area is 227 Å². The van der Waals surface area contributed by atoms with Crippen molar-refractivity contribution in [1.82, 2.24) is 0 Å². The number of fused-ring (bicyclic) bond motifs is 2. The molecule has 2 saturated carbocycles. The van der Waals surface area contributed by atoms with Crippen LogP contribution in [0, 0.1) is 23.7 Å². The Balaban J connectivity index is 1.73. The lowest BCUT2D eigenvalue weighted by molar-refractivity contribution is -0.132. The molecule has 0 amide bonds. The van der Waals surface area contributed by atoms with E-state index in [0.29, 0.717) is 11.5 Å². The zero-order valence-electron chi connectivity index (χ0n) is 23.0. The molecule has 202 valence electrons. The molecule has 1 aromatic carbocycles. The van der Waals surface area contributed by atoms with Crippen LogP contribution >= 0.6 is 12.2 Å². The summed E-state index contributed by atoms with van der Waals surface area (Å²) in [5, 5.41) is 0.209. The molecule has 0 aromatic heterocycles. The van der Waals surface area contributed by atoms with Crippen LogP contribution in [0.2, 0.25) is 18.1 Å². The van der Waals surface area contributed by atoms with E-state index in [1.54, 1.807) is 7.11 Å². The summed E-state index contributed by atoms with van der Waals surface area (Å²) in [5.41, 5.74) is 2.09. The van der Waals surface area contributed by atoms with E-state index >= 15 is 0 Å². The van der Waals surface area contributed by atoms with Crippen LogP contribution in [-0.2, 0) is 25.1 Å². The Kier molecular flexibility index (Phi) is 7.67. The molecule has 0 bridgehead atoms. The molecule has 0 N–H and O–H groups in total. The number of methoxy groups -OCH3 is 1. The highest BCUT2D eigenvalue weighted by Gasteiger charge is 2.61. The highest BCUT2D eigenvalue weighted by Crippen LogP contribution is 2.57. The fourth-order valence-corrected chi connectivity index (χ4v) is 7.58. The van der Waals surface area contributed by atoms with Crippen LogP contribution in [0.15, 0.2) is 43.0 Å². The topological polar surface area (TPSA) is 63.2 Å². The first-order chi connectivity index (χ1) is 17.3. The Morgan fingerprint density at radius 2 is 1.95 bits per heavy atom. The summed E-state index contributed by atoms with van der Waals surface area (Å²) in [7, 11) is -0.589. The van der Waals surface area contributed by atoms with E-state index in [2.05, 4.69) is 53.1 Å². The number of hydrogen-bond donors (Lipinski definition) is 0. The van der Waals surface area contributed by atoms with Gasteiger partial charge in [-0.3, -0.25) is 4.79 Å². The maximum atomic E-state index is 11.7. The van der Waals surface area contributed by atoms with Crippen LogP contribution in [0.5, 0.6) is 11.5 Å². The average molecular weight is 545 g/mol. The molecule has 7 atom stereocenters. The van der Waals surface area contributed by atoms with Crippen molar-refractivity contribution in [2.45, 2.75) is 77.0 Å². The summed E-state index contributed by atoms with van der Waals surface area (Å²) in [4.78, 5) is 11.7. The van der Waals surface area contributed by atoms with Gasteiger partial charge in [-0.2, -0.15) is 0 Å². The largest absolute Gasteiger partial charge is 0.493 e. The van der Waals surface area contributed by atoms with Gasteiger partial charge in [0.1, 0.15) is 0 Å². The second-order valence-corrected chi connectivity index (χ2v) is 17.2. The number of esters is 1. The highest BCUT2D eigenvalue weighted by molar-refractivity contribution is 7.79. The SMILES string of the molecule is C=C[C@@H]1C[C@H](Cc2ccc(OC)c(OC(C)=O)c2)[C@H]2[C@@H](O[Si](C)(C)C(C)(C)C)[C@@H]3OC(=S)O[C@@H]3C(=C)[C@H]21. The predicted octanol–water partition coefficient (Wildman–Crippen LogP) is 6.25. The number of allylic oxidation sites excluding steroid dienone is 1. The molecule has 0 spiro atoms. The molecule has 3 aliphatic rings. The molecule has 3 fully saturated rings. The van der Waals surface area contributed by atoms with Gasteiger partial charge in [-0.25, -0.2) is 0 Å². The van der Waals surface area contributed by atoms with Crippen molar-refractivity contribution >= 4 is 31.7 Å². The minimum absolute atomic E-state index is 0.0350. The standard InChI is InChI=1S/C29H40O6SSi/c1-10-19-15-20(13-18-11-12-21(31-7)22(14-18)32-17(3)30)24-23(19)16(2)25-27(34-28(36)33-25)26(24)35-37(8,9)29(4,5)6/h10-12,14,19-20,23-27H,1-2,13,15H2,3-9H3/t19-,20+,23+,24-,25-,26-,27-/m1/s1. The molecule has 2 aliphatic carbocycles. The number of carbonyl (C=O) groups is 1. The second kappa shape index (κ2) is 10.2. The summed E-state index contributed by atoms with van der Waals surface area (Å²) in [6, 6.07) is 5.80. The first-order valence-electron chi connectivity index (χ1n) is 13.0. The maximum absolute atomic E-state index is 11.7. The van der Waals surface area contributed by atoms with E-state index < -0.39 is 8.32 Å². The van der Waals surface area contributed by atoms with Crippen molar-refractivity contribution < 1.29 is 28.2 Å². The lowest BCUT2D eigenvalue weighted by Gasteiger charge is -2.48. The van der Waals surface area contributed by atoms with Gasteiger partial charge in [0, 0.05) is 19.1 Å². The monoisotopic (exact) mass is 544 g/mol. The van der Waals surface area contributed by atoms with Crippen molar-refractivity contribution in [3.8, 4) is 11.5 Å². The summed E-state index contributed by atoms with van der Waals surface area (Å²) in [6.45, 7) is 21.4. The molecular formula is C29H40O6SSi. The van der Waals surface area contributed by atoms with Gasteiger partial charge >= 0.3 is 11.2 Å². The van der Waals surface area contributed by atoms with Crippen LogP contribution in [0.1, 0.15) is 39.7 Å². The smallest absolute Gasteiger partial charge is 0.353 e. The second-order valence-electron chi connectivity index (χ2n) is 12.1. The Hall–Kier alpha value is -2.16. The predicted molar refractivity (Wildman–Crippen MR) is 150 cm³/mol. The minimum Gasteiger partial charge on any atom is -0.493 e. The zero-order chi connectivity index (χ0) is 27.3. The third kappa shape index (κ3) is 5.25. The van der Waals surface area contributed by atoms with Gasteiger partial charge in [0.15, 0.2) is 32.0 Å². The number of carbonyl (C=O) groups excluding carboxylic acids is 1. The lowest BCUT2D eigenvalue weighted by atomic mass is 9.68. The van der Waals surface area contributed by atoms with Crippen molar-refractivity contribution in [1.29, 1.82) is 0 Å². The number of rotatable bonds is 7. The van der Waals surface area contributed by atoms with E-state index in [9.17, 15) is 4.79 Å². The summed E-state index contributed by atoms with van der Waals surface area (Å²) < 4.78 is 30.1. The van der Waals surface area contributed by atoms with E-state index in [1.807, 2.05) is 18.2 Å². The average Bonchev–Trinajstić information content (AvgIpc) is 3.36. The summed E-state index contributed by atoms with van der Waals surface area (Å²) in [6.07, 6.45) is 3.00. The molecule has 0 radical (unpaired) electrons. The van der Waals surface area contributed by atoms with Crippen LogP contribution in [0.4, 0.5) is 0 Å². The lowest BCUT2D eigenvalue weighted by Crippen LogP contribution is -2.57. The summed E-state index contributed by atoms with van der Waals surface area (Å²) >= 11 is 5.35. The third-order valence-corrected chi connectivity index (χ3v) is 13.4. The molecule has 0 unspecified atom stereocenters. The van der Waals surface area contributed by atoms with Gasteiger partial charge in [-0.15, -0.1) is 6.58 Å². The zero-order valence-corrected chi connectivity index (χ0v) is 24.9. The van der Waals surface area contributed by atoms with E-state index in [0.717, 1.165) is 24.0 Å². The molecule has 4 rings (SSSR count). The highest BCUT2D eigenvalue weighted by atomic mass is 32.1. The minimum atomic E-state index is -2.16.